The zero-order chi connectivity index (χ0) is 21.7. The van der Waals surface area contributed by atoms with Gasteiger partial charge in [-0.05, 0) is 24.8 Å². The van der Waals surface area contributed by atoms with Crippen LogP contribution in [0.5, 0.6) is 0 Å². The molecule has 8 nitrogen and oxygen atoms in total. The van der Waals surface area contributed by atoms with Crippen molar-refractivity contribution in [2.75, 3.05) is 6.54 Å². The van der Waals surface area contributed by atoms with Crippen molar-refractivity contribution in [3.05, 3.63) is 69.1 Å². The molecule has 2 amide bonds. The first-order chi connectivity index (χ1) is 15.2. The molecule has 0 radical (unpaired) electrons. The molecular formula is C21H24N4O4S2. The van der Waals surface area contributed by atoms with Gasteiger partial charge in [-0.25, -0.2) is 9.59 Å². The first-order valence-corrected chi connectivity index (χ1v) is 11.6. The lowest BCUT2D eigenvalue weighted by Crippen LogP contribution is -2.37. The van der Waals surface area contributed by atoms with Gasteiger partial charge in [-0.15, -0.1) is 22.7 Å². The summed E-state index contributed by atoms with van der Waals surface area (Å²) in [7, 11) is 0. The van der Waals surface area contributed by atoms with Gasteiger partial charge in [0.25, 0.3) is 0 Å². The predicted octanol–water partition coefficient (Wildman–Crippen LogP) is 4.14. The minimum atomic E-state index is -0.468. The molecule has 1 aromatic carbocycles. The van der Waals surface area contributed by atoms with Gasteiger partial charge >= 0.3 is 12.2 Å². The van der Waals surface area contributed by atoms with Crippen molar-refractivity contribution in [1.29, 1.82) is 0 Å². The molecule has 2 aromatic heterocycles. The van der Waals surface area contributed by atoms with E-state index in [1.165, 1.54) is 22.7 Å². The fourth-order valence-electron chi connectivity index (χ4n) is 2.82. The Hall–Kier alpha value is -2.98. The van der Waals surface area contributed by atoms with Crippen molar-refractivity contribution in [2.45, 2.75) is 38.5 Å². The average Bonchev–Trinajstić information content (AvgIpc) is 3.49. The molecule has 3 aromatic rings. The highest BCUT2D eigenvalue weighted by Gasteiger charge is 2.15. The highest BCUT2D eigenvalue weighted by atomic mass is 32.1. The molecule has 164 valence electrons. The van der Waals surface area contributed by atoms with Crippen molar-refractivity contribution in [3.63, 3.8) is 0 Å². The highest BCUT2D eigenvalue weighted by Crippen LogP contribution is 2.10. The van der Waals surface area contributed by atoms with E-state index < -0.39 is 12.2 Å². The van der Waals surface area contributed by atoms with Gasteiger partial charge in [0.2, 0.25) is 0 Å². The van der Waals surface area contributed by atoms with Gasteiger partial charge in [0.05, 0.1) is 20.8 Å². The highest BCUT2D eigenvalue weighted by molar-refractivity contribution is 7.09. The van der Waals surface area contributed by atoms with Crippen LogP contribution in [0.25, 0.3) is 0 Å². The number of hydrogen-bond donors (Lipinski definition) is 2. The van der Waals surface area contributed by atoms with Crippen LogP contribution < -0.4 is 10.6 Å². The maximum Gasteiger partial charge on any atom is 0.407 e. The molecule has 2 N–H and O–H groups in total. The molecule has 0 spiro atoms. The Kier molecular flexibility index (Phi) is 9.27. The maximum absolute atomic E-state index is 12.2. The van der Waals surface area contributed by atoms with Crippen LogP contribution >= 0.6 is 22.7 Å². The van der Waals surface area contributed by atoms with Crippen LogP contribution in [0.15, 0.2) is 53.7 Å². The third-order valence-electron chi connectivity index (χ3n) is 4.30. The van der Waals surface area contributed by atoms with Crippen LogP contribution in [0, 0.1) is 0 Å². The van der Waals surface area contributed by atoms with Gasteiger partial charge in [-0.3, -0.25) is 9.97 Å². The minimum Gasteiger partial charge on any atom is -0.444 e. The molecule has 0 unspecified atom stereocenters. The number of carbonyl (C=O) groups is 2. The van der Waals surface area contributed by atoms with Crippen molar-refractivity contribution in [1.82, 2.24) is 20.6 Å². The van der Waals surface area contributed by atoms with E-state index in [1.54, 1.807) is 23.4 Å². The number of nitrogens with zero attached hydrogens (tertiary/aromatic N) is 2. The summed E-state index contributed by atoms with van der Waals surface area (Å²) in [5.41, 5.74) is 4.51. The summed E-state index contributed by atoms with van der Waals surface area (Å²) < 4.78 is 10.4. The van der Waals surface area contributed by atoms with Gasteiger partial charge in [0, 0.05) is 25.0 Å². The Labute approximate surface area is 188 Å². The first-order valence-electron chi connectivity index (χ1n) is 9.81. The minimum absolute atomic E-state index is 0.119. The van der Waals surface area contributed by atoms with Crippen LogP contribution in [0.2, 0.25) is 0 Å². The largest absolute Gasteiger partial charge is 0.444 e. The smallest absolute Gasteiger partial charge is 0.407 e. The number of ether oxygens (including phenoxy) is 2. The number of benzene rings is 1. The van der Waals surface area contributed by atoms with Gasteiger partial charge in [0.15, 0.2) is 0 Å². The van der Waals surface area contributed by atoms with Crippen LogP contribution in [-0.4, -0.2) is 34.7 Å². The summed E-state index contributed by atoms with van der Waals surface area (Å²) in [6.07, 6.45) is 4.45. The van der Waals surface area contributed by atoms with E-state index in [-0.39, 0.29) is 19.3 Å². The second-order valence-electron chi connectivity index (χ2n) is 6.69. The fraction of sp³-hybridized carbons (Fsp3) is 0.333. The first kappa shape index (κ1) is 22.7. The van der Waals surface area contributed by atoms with Crippen molar-refractivity contribution in [3.8, 4) is 0 Å². The second-order valence-corrected chi connectivity index (χ2v) is 8.63. The zero-order valence-electron chi connectivity index (χ0n) is 16.9. The topological polar surface area (TPSA) is 102 Å². The van der Waals surface area contributed by atoms with Gasteiger partial charge in [0.1, 0.15) is 13.2 Å². The molecule has 31 heavy (non-hydrogen) atoms. The Balaban J connectivity index is 1.41. The number of aromatic nitrogens is 2. The molecule has 1 atom stereocenters. The lowest BCUT2D eigenvalue weighted by atomic mass is 10.0. The molecule has 0 bridgehead atoms. The second kappa shape index (κ2) is 12.7. The molecule has 0 saturated carbocycles. The molecule has 2 heterocycles. The average molecular weight is 461 g/mol. The molecule has 0 saturated heterocycles. The van der Waals surface area contributed by atoms with Crippen LogP contribution in [0.1, 0.15) is 28.2 Å². The Morgan fingerprint density at radius 3 is 2.19 bits per heavy atom. The Morgan fingerprint density at radius 2 is 1.58 bits per heavy atom. The SMILES string of the molecule is O=C(NCCC[C@H](Cc1ccccc1)NC(=O)OCc1cncs1)OCc1cncs1. The number of alkyl carbamates (subject to hydrolysis) is 2. The number of thiazole rings is 2. The molecule has 0 aliphatic rings. The summed E-state index contributed by atoms with van der Waals surface area (Å²) in [6, 6.07) is 9.81. The number of hydrogen-bond acceptors (Lipinski definition) is 8. The van der Waals surface area contributed by atoms with Crippen molar-refractivity contribution in [2.24, 2.45) is 0 Å². The standard InChI is InChI=1S/C21H24N4O4S2/c26-20(28-12-18-10-22-14-30-18)24-8-4-7-17(9-16-5-2-1-3-6-16)25-21(27)29-13-19-11-23-15-31-19/h1-3,5-6,10-11,14-15,17H,4,7-9,12-13H2,(H,24,26)(H,25,27)/t17-/m1/s1. The van der Waals surface area contributed by atoms with Crippen LogP contribution in [0.3, 0.4) is 0 Å². The van der Waals surface area contributed by atoms with E-state index in [4.69, 9.17) is 9.47 Å². The summed E-state index contributed by atoms with van der Waals surface area (Å²) in [5.74, 6) is 0. The van der Waals surface area contributed by atoms with Gasteiger partial charge < -0.3 is 20.1 Å². The lowest BCUT2D eigenvalue weighted by Gasteiger charge is -2.19. The van der Waals surface area contributed by atoms with E-state index in [9.17, 15) is 9.59 Å². The van der Waals surface area contributed by atoms with Crippen molar-refractivity contribution >= 4 is 34.9 Å². The molecular weight excluding hydrogens is 436 g/mol. The van der Waals surface area contributed by atoms with E-state index in [2.05, 4.69) is 20.6 Å². The third-order valence-corrected chi connectivity index (χ3v) is 5.81. The summed E-state index contributed by atoms with van der Waals surface area (Å²) in [5, 5.41) is 5.67. The molecule has 0 fully saturated rings. The Bertz CT molecular complexity index is 905. The Morgan fingerprint density at radius 1 is 0.935 bits per heavy atom. The number of carbonyl (C=O) groups excluding carboxylic acids is 2. The molecule has 0 aliphatic heterocycles. The molecule has 3 rings (SSSR count). The third kappa shape index (κ3) is 8.73. The summed E-state index contributed by atoms with van der Waals surface area (Å²) in [4.78, 5) is 33.7. The normalized spacial score (nSPS) is 11.5. The van der Waals surface area contributed by atoms with E-state index in [0.717, 1.165) is 15.3 Å². The number of amides is 2. The van der Waals surface area contributed by atoms with E-state index in [1.807, 2.05) is 30.3 Å². The maximum atomic E-state index is 12.2. The number of nitrogens with one attached hydrogen (secondary N) is 2. The molecule has 0 aliphatic carbocycles. The quantitative estimate of drug-likeness (QED) is 0.417. The fourth-order valence-corrected chi connectivity index (χ4v) is 3.83. The van der Waals surface area contributed by atoms with Crippen LogP contribution in [0.4, 0.5) is 9.59 Å². The van der Waals surface area contributed by atoms with E-state index in [0.29, 0.717) is 25.8 Å². The lowest BCUT2D eigenvalue weighted by molar-refractivity contribution is 0.134. The zero-order valence-corrected chi connectivity index (χ0v) is 18.5. The monoisotopic (exact) mass is 460 g/mol. The summed E-state index contributed by atoms with van der Waals surface area (Å²) in [6.45, 7) is 0.854. The van der Waals surface area contributed by atoms with Crippen LogP contribution in [-0.2, 0) is 29.1 Å². The summed E-state index contributed by atoms with van der Waals surface area (Å²) >= 11 is 2.87. The van der Waals surface area contributed by atoms with Crippen molar-refractivity contribution < 1.29 is 19.1 Å². The predicted molar refractivity (Wildman–Crippen MR) is 119 cm³/mol. The van der Waals surface area contributed by atoms with Gasteiger partial charge in [-0.2, -0.15) is 0 Å². The molecule has 10 heteroatoms. The van der Waals surface area contributed by atoms with E-state index >= 15 is 0 Å². The van der Waals surface area contributed by atoms with Gasteiger partial charge in [-0.1, -0.05) is 30.3 Å². The number of rotatable bonds is 11.